The molecule has 6 heteroatoms. The lowest BCUT2D eigenvalue weighted by molar-refractivity contribution is 0.414. The number of ether oxygens (including phenoxy) is 1. The Balaban J connectivity index is 2.36. The third kappa shape index (κ3) is 3.06. The maximum atomic E-state index is 6.38. The molecule has 0 radical (unpaired) electrons. The average Bonchev–Trinajstić information content (AvgIpc) is 2.41. The summed E-state index contributed by atoms with van der Waals surface area (Å²) in [7, 11) is 1.63. The first-order chi connectivity index (χ1) is 9.11. The number of fused-ring (bicyclic) bond motifs is 1. The third-order valence-electron chi connectivity index (χ3n) is 2.89. The van der Waals surface area contributed by atoms with Crippen LogP contribution in [0.5, 0.6) is 5.75 Å². The highest BCUT2D eigenvalue weighted by Crippen LogP contribution is 2.35. The summed E-state index contributed by atoms with van der Waals surface area (Å²) in [6, 6.07) is 5.88. The molecule has 2 rings (SSSR count). The van der Waals surface area contributed by atoms with Gasteiger partial charge in [-0.05, 0) is 36.1 Å². The van der Waals surface area contributed by atoms with E-state index >= 15 is 0 Å². The summed E-state index contributed by atoms with van der Waals surface area (Å²) in [6.45, 7) is 0. The first kappa shape index (κ1) is 13.4. The zero-order valence-corrected chi connectivity index (χ0v) is 11.3. The van der Waals surface area contributed by atoms with Crippen molar-refractivity contribution in [1.29, 1.82) is 0 Å². The lowest BCUT2D eigenvalue weighted by Crippen LogP contribution is -2.21. The van der Waals surface area contributed by atoms with Crippen molar-refractivity contribution in [2.45, 2.75) is 12.8 Å². The van der Waals surface area contributed by atoms with Gasteiger partial charge in [-0.2, -0.15) is 5.10 Å². The van der Waals surface area contributed by atoms with Crippen molar-refractivity contribution in [3.8, 4) is 5.75 Å². The first-order valence-corrected chi connectivity index (χ1v) is 6.17. The van der Waals surface area contributed by atoms with E-state index in [1.165, 1.54) is 5.56 Å². The van der Waals surface area contributed by atoms with Crippen molar-refractivity contribution < 1.29 is 4.74 Å². The predicted molar refractivity (Wildman–Crippen MR) is 78.4 cm³/mol. The molecule has 4 N–H and O–H groups in total. The molecule has 0 bridgehead atoms. The summed E-state index contributed by atoms with van der Waals surface area (Å²) in [5.41, 5.74) is 13.5. The predicted octanol–water partition coefficient (Wildman–Crippen LogP) is 1.85. The fourth-order valence-electron chi connectivity index (χ4n) is 1.94. The number of allylic oxidation sites excluding steroid dienone is 1. The number of guanidine groups is 1. The Bertz CT molecular complexity index is 574. The Labute approximate surface area is 116 Å². The van der Waals surface area contributed by atoms with Gasteiger partial charge in [-0.15, -0.1) is 5.10 Å². The number of hydrogen-bond acceptors (Lipinski definition) is 3. The van der Waals surface area contributed by atoms with Crippen LogP contribution < -0.4 is 16.2 Å². The van der Waals surface area contributed by atoms with Gasteiger partial charge >= 0.3 is 0 Å². The maximum absolute atomic E-state index is 6.38. The van der Waals surface area contributed by atoms with E-state index in [0.717, 1.165) is 29.7 Å². The van der Waals surface area contributed by atoms with Gasteiger partial charge in [0, 0.05) is 5.56 Å². The molecule has 100 valence electrons. The van der Waals surface area contributed by atoms with Crippen molar-refractivity contribution in [3.63, 3.8) is 0 Å². The molecule has 0 unspecified atom stereocenters. The fourth-order valence-corrected chi connectivity index (χ4v) is 2.26. The lowest BCUT2D eigenvalue weighted by Gasteiger charge is -2.18. The molecule has 0 spiro atoms. The SMILES string of the molecule is COc1ccc2c(c1)C(Cl)=C(/C=N/N=C(N)N)CC2. The number of rotatable bonds is 3. The second-order valence-corrected chi connectivity index (χ2v) is 4.51. The molecule has 19 heavy (non-hydrogen) atoms. The average molecular weight is 279 g/mol. The van der Waals surface area contributed by atoms with E-state index in [2.05, 4.69) is 10.2 Å². The minimum atomic E-state index is -0.0779. The van der Waals surface area contributed by atoms with Crippen LogP contribution in [-0.4, -0.2) is 19.3 Å². The smallest absolute Gasteiger partial charge is 0.211 e. The number of nitrogens with zero attached hydrogens (tertiary/aromatic N) is 2. The molecule has 0 amide bonds. The number of benzene rings is 1. The summed E-state index contributed by atoms with van der Waals surface area (Å²) in [5.74, 6) is 0.699. The van der Waals surface area contributed by atoms with Crippen LogP contribution in [0.25, 0.3) is 5.03 Å². The summed E-state index contributed by atoms with van der Waals surface area (Å²) < 4.78 is 5.21. The summed E-state index contributed by atoms with van der Waals surface area (Å²) >= 11 is 6.38. The molecular formula is C13H15ClN4O. The number of methoxy groups -OCH3 is 1. The Kier molecular flexibility index (Phi) is 4.06. The van der Waals surface area contributed by atoms with Crippen molar-refractivity contribution >= 4 is 28.8 Å². The minimum absolute atomic E-state index is 0.0779. The monoisotopic (exact) mass is 278 g/mol. The molecule has 0 saturated heterocycles. The molecule has 5 nitrogen and oxygen atoms in total. The molecule has 0 aromatic heterocycles. The van der Waals surface area contributed by atoms with Crippen molar-refractivity contribution in [3.05, 3.63) is 34.9 Å². The van der Waals surface area contributed by atoms with Gasteiger partial charge < -0.3 is 16.2 Å². The van der Waals surface area contributed by atoms with Crippen LogP contribution >= 0.6 is 11.6 Å². The lowest BCUT2D eigenvalue weighted by atomic mass is 9.92. The van der Waals surface area contributed by atoms with Crippen molar-refractivity contribution in [1.82, 2.24) is 0 Å². The molecule has 1 aromatic rings. The topological polar surface area (TPSA) is 86.0 Å². The second kappa shape index (κ2) is 5.75. The van der Waals surface area contributed by atoms with E-state index in [1.807, 2.05) is 18.2 Å². The molecule has 0 saturated carbocycles. The first-order valence-electron chi connectivity index (χ1n) is 5.79. The van der Waals surface area contributed by atoms with Gasteiger partial charge in [0.25, 0.3) is 0 Å². The van der Waals surface area contributed by atoms with Gasteiger partial charge in [-0.25, -0.2) is 0 Å². The van der Waals surface area contributed by atoms with Crippen LogP contribution in [0.3, 0.4) is 0 Å². The van der Waals surface area contributed by atoms with E-state index in [0.29, 0.717) is 5.03 Å². The van der Waals surface area contributed by atoms with Gasteiger partial charge in [-0.3, -0.25) is 0 Å². The maximum Gasteiger partial charge on any atom is 0.211 e. The fraction of sp³-hybridized carbons (Fsp3) is 0.231. The van der Waals surface area contributed by atoms with Crippen LogP contribution in [0.1, 0.15) is 17.5 Å². The van der Waals surface area contributed by atoms with E-state index < -0.39 is 0 Å². The van der Waals surface area contributed by atoms with Crippen LogP contribution in [0, 0.1) is 0 Å². The van der Waals surface area contributed by atoms with E-state index in [-0.39, 0.29) is 5.96 Å². The number of halogens is 1. The van der Waals surface area contributed by atoms with Crippen LogP contribution in [0.15, 0.2) is 34.0 Å². The Morgan fingerprint density at radius 1 is 1.37 bits per heavy atom. The zero-order chi connectivity index (χ0) is 13.8. The number of hydrogen-bond donors (Lipinski definition) is 2. The Morgan fingerprint density at radius 3 is 2.84 bits per heavy atom. The third-order valence-corrected chi connectivity index (χ3v) is 3.33. The van der Waals surface area contributed by atoms with E-state index in [1.54, 1.807) is 13.3 Å². The number of nitrogens with two attached hydrogens (primary N) is 2. The highest BCUT2D eigenvalue weighted by Gasteiger charge is 2.17. The normalized spacial score (nSPS) is 14.4. The molecule has 1 aliphatic carbocycles. The highest BCUT2D eigenvalue weighted by atomic mass is 35.5. The van der Waals surface area contributed by atoms with Crippen LogP contribution in [-0.2, 0) is 6.42 Å². The molecule has 0 aliphatic heterocycles. The minimum Gasteiger partial charge on any atom is -0.497 e. The molecule has 1 aliphatic rings. The Morgan fingerprint density at radius 2 is 2.16 bits per heavy atom. The highest BCUT2D eigenvalue weighted by molar-refractivity contribution is 6.51. The molecule has 1 aromatic carbocycles. The summed E-state index contributed by atoms with van der Waals surface area (Å²) in [5, 5.41) is 8.03. The second-order valence-electron chi connectivity index (χ2n) is 4.13. The molecule has 0 atom stereocenters. The number of aryl methyl sites for hydroxylation is 1. The van der Waals surface area contributed by atoms with Crippen molar-refractivity contribution in [2.24, 2.45) is 21.7 Å². The molecule has 0 fully saturated rings. The van der Waals surface area contributed by atoms with E-state index in [4.69, 9.17) is 27.8 Å². The van der Waals surface area contributed by atoms with Crippen molar-refractivity contribution in [2.75, 3.05) is 7.11 Å². The molecule has 0 heterocycles. The Hall–Kier alpha value is -2.01. The van der Waals surface area contributed by atoms with Gasteiger partial charge in [-0.1, -0.05) is 17.7 Å². The quantitative estimate of drug-likeness (QED) is 0.503. The van der Waals surface area contributed by atoms with Gasteiger partial charge in [0.2, 0.25) is 5.96 Å². The van der Waals surface area contributed by atoms with Gasteiger partial charge in [0.1, 0.15) is 5.75 Å². The van der Waals surface area contributed by atoms with Gasteiger partial charge in [0.15, 0.2) is 0 Å². The molecular weight excluding hydrogens is 264 g/mol. The zero-order valence-electron chi connectivity index (χ0n) is 10.6. The summed E-state index contributed by atoms with van der Waals surface area (Å²) in [6.07, 6.45) is 3.30. The largest absolute Gasteiger partial charge is 0.497 e. The standard InChI is InChI=1S/C13H15ClN4O/c1-19-10-5-4-8-2-3-9(7-17-18-13(15)16)12(14)11(8)6-10/h4-7H,2-3H2,1H3,(H4,15,16,18)/b17-7+. The van der Waals surface area contributed by atoms with Crippen LogP contribution in [0.2, 0.25) is 0 Å². The summed E-state index contributed by atoms with van der Waals surface area (Å²) in [4.78, 5) is 0. The van der Waals surface area contributed by atoms with Crippen LogP contribution in [0.4, 0.5) is 0 Å². The van der Waals surface area contributed by atoms with E-state index in [9.17, 15) is 0 Å². The van der Waals surface area contributed by atoms with Gasteiger partial charge in [0.05, 0.1) is 18.4 Å².